The van der Waals surface area contributed by atoms with Gasteiger partial charge >= 0.3 is 6.18 Å². The predicted octanol–water partition coefficient (Wildman–Crippen LogP) is 4.35. The second kappa shape index (κ2) is 8.79. The van der Waals surface area contributed by atoms with E-state index in [0.29, 0.717) is 18.7 Å². The fraction of sp³-hybridized carbons (Fsp3) is 0.389. The Morgan fingerprint density at radius 3 is 2.44 bits per heavy atom. The Kier molecular flexibility index (Phi) is 6.70. The van der Waals surface area contributed by atoms with Crippen molar-refractivity contribution in [3.8, 4) is 0 Å². The molecule has 0 saturated heterocycles. The molecular formula is C18H20F4N4O. The van der Waals surface area contributed by atoms with Gasteiger partial charge in [-0.3, -0.25) is 4.79 Å². The van der Waals surface area contributed by atoms with Crippen molar-refractivity contribution < 1.29 is 22.4 Å². The van der Waals surface area contributed by atoms with Crippen LogP contribution < -0.4 is 10.6 Å². The molecule has 2 atom stereocenters. The van der Waals surface area contributed by atoms with Crippen molar-refractivity contribution in [2.24, 2.45) is 11.8 Å². The van der Waals surface area contributed by atoms with Crippen LogP contribution in [0.3, 0.4) is 0 Å². The molecule has 1 amide bonds. The third-order valence-corrected chi connectivity index (χ3v) is 4.19. The van der Waals surface area contributed by atoms with Crippen LogP contribution in [0.1, 0.15) is 26.1 Å². The highest BCUT2D eigenvalue weighted by atomic mass is 19.4. The van der Waals surface area contributed by atoms with E-state index in [1.807, 2.05) is 6.92 Å². The summed E-state index contributed by atoms with van der Waals surface area (Å²) < 4.78 is 50.7. The van der Waals surface area contributed by atoms with E-state index >= 15 is 0 Å². The summed E-state index contributed by atoms with van der Waals surface area (Å²) in [5.74, 6) is -2.11. The standard InChI is InChI=1S/C18H20F4N4O/c1-11(12(2)16(27)25-14-5-3-13(19)4-6-14)7-9-23-15-8-10-24-17(26-15)18(20,21)22/h3-6,8,10-12H,7,9H2,1-2H3,(H,25,27)(H,23,24,26). The fourth-order valence-corrected chi connectivity index (χ4v) is 2.32. The maximum atomic E-state index is 12.9. The van der Waals surface area contributed by atoms with Gasteiger partial charge in [-0.25, -0.2) is 14.4 Å². The zero-order valence-corrected chi connectivity index (χ0v) is 14.8. The molecule has 5 nitrogen and oxygen atoms in total. The topological polar surface area (TPSA) is 66.9 Å². The second-order valence-electron chi connectivity index (χ2n) is 6.24. The molecule has 2 unspecified atom stereocenters. The molecule has 0 bridgehead atoms. The minimum atomic E-state index is -4.60. The zero-order chi connectivity index (χ0) is 20.0. The van der Waals surface area contributed by atoms with Crippen molar-refractivity contribution in [2.45, 2.75) is 26.4 Å². The molecule has 0 aliphatic carbocycles. The van der Waals surface area contributed by atoms with E-state index in [-0.39, 0.29) is 29.4 Å². The summed E-state index contributed by atoms with van der Waals surface area (Å²) in [6, 6.07) is 6.80. The van der Waals surface area contributed by atoms with E-state index in [2.05, 4.69) is 20.6 Å². The molecule has 27 heavy (non-hydrogen) atoms. The van der Waals surface area contributed by atoms with Crippen molar-refractivity contribution in [1.29, 1.82) is 0 Å². The molecule has 146 valence electrons. The number of aromatic nitrogens is 2. The van der Waals surface area contributed by atoms with Gasteiger partial charge in [0.2, 0.25) is 11.7 Å². The zero-order valence-electron chi connectivity index (χ0n) is 14.8. The van der Waals surface area contributed by atoms with Gasteiger partial charge in [0.15, 0.2) is 0 Å². The SMILES string of the molecule is CC(CCNc1ccnc(C(F)(F)F)n1)C(C)C(=O)Nc1ccc(F)cc1. The molecule has 1 aromatic carbocycles. The fourth-order valence-electron chi connectivity index (χ4n) is 2.32. The smallest absolute Gasteiger partial charge is 0.370 e. The summed E-state index contributed by atoms with van der Waals surface area (Å²) in [5.41, 5.74) is 0.499. The van der Waals surface area contributed by atoms with Crippen molar-refractivity contribution in [2.75, 3.05) is 17.2 Å². The lowest BCUT2D eigenvalue weighted by Crippen LogP contribution is -2.27. The van der Waals surface area contributed by atoms with Crippen molar-refractivity contribution in [3.05, 3.63) is 48.2 Å². The van der Waals surface area contributed by atoms with Gasteiger partial charge in [-0.15, -0.1) is 0 Å². The monoisotopic (exact) mass is 384 g/mol. The number of rotatable bonds is 7. The summed E-state index contributed by atoms with van der Waals surface area (Å²) in [6.45, 7) is 3.98. The molecule has 2 N–H and O–H groups in total. The van der Waals surface area contributed by atoms with E-state index in [9.17, 15) is 22.4 Å². The highest BCUT2D eigenvalue weighted by Crippen LogP contribution is 2.26. The highest BCUT2D eigenvalue weighted by molar-refractivity contribution is 5.92. The molecule has 0 aliphatic heterocycles. The number of amides is 1. The van der Waals surface area contributed by atoms with Gasteiger partial charge in [0, 0.05) is 24.3 Å². The molecule has 1 aromatic heterocycles. The van der Waals surface area contributed by atoms with Gasteiger partial charge in [0.1, 0.15) is 11.6 Å². The first-order valence-electron chi connectivity index (χ1n) is 8.37. The van der Waals surface area contributed by atoms with Crippen LogP contribution >= 0.6 is 0 Å². The van der Waals surface area contributed by atoms with E-state index in [0.717, 1.165) is 6.20 Å². The average Bonchev–Trinajstić information content (AvgIpc) is 2.62. The number of halogens is 4. The number of carbonyl (C=O) groups is 1. The molecule has 2 aromatic rings. The van der Waals surface area contributed by atoms with E-state index < -0.39 is 12.0 Å². The van der Waals surface area contributed by atoms with Gasteiger partial charge in [-0.1, -0.05) is 13.8 Å². The molecular weight excluding hydrogens is 364 g/mol. The lowest BCUT2D eigenvalue weighted by Gasteiger charge is -2.20. The first kappa shape index (κ1) is 20.6. The molecule has 1 heterocycles. The first-order valence-corrected chi connectivity index (χ1v) is 8.37. The Hall–Kier alpha value is -2.71. The van der Waals surface area contributed by atoms with Crippen LogP contribution in [0.4, 0.5) is 29.1 Å². The number of hydrogen-bond acceptors (Lipinski definition) is 4. The number of carbonyl (C=O) groups excluding carboxylic acids is 1. The number of benzene rings is 1. The third kappa shape index (κ3) is 6.19. The number of hydrogen-bond donors (Lipinski definition) is 2. The van der Waals surface area contributed by atoms with Crippen molar-refractivity contribution in [3.63, 3.8) is 0 Å². The Bertz CT molecular complexity index is 765. The van der Waals surface area contributed by atoms with Gasteiger partial charge in [0.25, 0.3) is 0 Å². The highest BCUT2D eigenvalue weighted by Gasteiger charge is 2.34. The van der Waals surface area contributed by atoms with E-state index in [4.69, 9.17) is 0 Å². The Morgan fingerprint density at radius 1 is 1.15 bits per heavy atom. The molecule has 0 fully saturated rings. The molecule has 0 aliphatic rings. The molecule has 0 saturated carbocycles. The number of nitrogens with zero attached hydrogens (tertiary/aromatic N) is 2. The summed E-state index contributed by atoms with van der Waals surface area (Å²) in [5, 5.41) is 5.52. The summed E-state index contributed by atoms with van der Waals surface area (Å²) in [4.78, 5) is 18.9. The maximum absolute atomic E-state index is 12.9. The molecule has 9 heteroatoms. The Morgan fingerprint density at radius 2 is 1.81 bits per heavy atom. The Balaban J connectivity index is 1.83. The number of anilines is 2. The normalized spacial score (nSPS) is 13.7. The largest absolute Gasteiger partial charge is 0.451 e. The first-order chi connectivity index (χ1) is 12.7. The van der Waals surface area contributed by atoms with Crippen LogP contribution in [0.25, 0.3) is 0 Å². The second-order valence-corrected chi connectivity index (χ2v) is 6.24. The third-order valence-electron chi connectivity index (χ3n) is 4.19. The van der Waals surface area contributed by atoms with Gasteiger partial charge < -0.3 is 10.6 Å². The van der Waals surface area contributed by atoms with Gasteiger partial charge in [0.05, 0.1) is 0 Å². The quantitative estimate of drug-likeness (QED) is 0.697. The van der Waals surface area contributed by atoms with Crippen LogP contribution in [0.2, 0.25) is 0 Å². The predicted molar refractivity (Wildman–Crippen MR) is 93.5 cm³/mol. The number of nitrogens with one attached hydrogen (secondary N) is 2. The molecule has 2 rings (SSSR count). The average molecular weight is 384 g/mol. The minimum Gasteiger partial charge on any atom is -0.370 e. The minimum absolute atomic E-state index is 0.0399. The van der Waals surface area contributed by atoms with Gasteiger partial charge in [-0.2, -0.15) is 13.2 Å². The molecule has 0 spiro atoms. The summed E-state index contributed by atoms with van der Waals surface area (Å²) >= 11 is 0. The van der Waals surface area contributed by atoms with Gasteiger partial charge in [-0.05, 0) is 42.7 Å². The Labute approximate surface area is 154 Å². The van der Waals surface area contributed by atoms with Crippen LogP contribution in [-0.2, 0) is 11.0 Å². The van der Waals surface area contributed by atoms with Crippen LogP contribution in [-0.4, -0.2) is 22.4 Å². The maximum Gasteiger partial charge on any atom is 0.451 e. The van der Waals surface area contributed by atoms with Crippen LogP contribution in [0, 0.1) is 17.7 Å². The lowest BCUT2D eigenvalue weighted by atomic mass is 9.92. The summed E-state index contributed by atoms with van der Waals surface area (Å²) in [6.07, 6.45) is -3.01. The van der Waals surface area contributed by atoms with E-state index in [1.54, 1.807) is 6.92 Å². The lowest BCUT2D eigenvalue weighted by molar-refractivity contribution is -0.144. The number of alkyl halides is 3. The van der Waals surface area contributed by atoms with Crippen molar-refractivity contribution >= 4 is 17.4 Å². The van der Waals surface area contributed by atoms with Crippen molar-refractivity contribution in [1.82, 2.24) is 9.97 Å². The van der Waals surface area contributed by atoms with Crippen LogP contribution in [0.15, 0.2) is 36.5 Å². The van der Waals surface area contributed by atoms with Crippen LogP contribution in [0.5, 0.6) is 0 Å². The van der Waals surface area contributed by atoms with E-state index in [1.165, 1.54) is 30.3 Å². The summed E-state index contributed by atoms with van der Waals surface area (Å²) in [7, 11) is 0. The molecule has 0 radical (unpaired) electrons.